The molecule has 0 spiro atoms. The average Bonchev–Trinajstić information content (AvgIpc) is 2.73. The summed E-state index contributed by atoms with van der Waals surface area (Å²) in [5, 5.41) is 2.64. The normalized spacial score (nSPS) is 27.4. The topological polar surface area (TPSA) is 55.4 Å². The van der Waals surface area contributed by atoms with Gasteiger partial charge in [-0.25, -0.2) is 8.42 Å². The van der Waals surface area contributed by atoms with Gasteiger partial charge in [-0.15, -0.1) is 0 Å². The molecule has 1 rings (SSSR count). The third-order valence-corrected chi connectivity index (χ3v) is 6.79. The predicted octanol–water partition coefficient (Wildman–Crippen LogP) is 1.75. The summed E-state index contributed by atoms with van der Waals surface area (Å²) in [7, 11) is -3.11. The molecule has 1 N–H and O–H groups in total. The molecule has 0 aromatic heterocycles. The molecule has 0 aromatic carbocycles. The van der Waals surface area contributed by atoms with Crippen molar-refractivity contribution >= 4 is 9.84 Å². The summed E-state index contributed by atoms with van der Waals surface area (Å²) < 4.78 is 30.2. The van der Waals surface area contributed by atoms with E-state index >= 15 is 0 Å². The Bertz CT molecular complexity index is 364. The van der Waals surface area contributed by atoms with Gasteiger partial charge in [0.05, 0.1) is 16.6 Å². The van der Waals surface area contributed by atoms with E-state index in [-0.39, 0.29) is 22.1 Å². The number of hydrogen-bond donors (Lipinski definition) is 1. The van der Waals surface area contributed by atoms with Crippen molar-refractivity contribution in [1.29, 1.82) is 0 Å². The van der Waals surface area contributed by atoms with Crippen molar-refractivity contribution in [3.05, 3.63) is 0 Å². The molecule has 0 aliphatic carbocycles. The first kappa shape index (κ1) is 15.9. The Morgan fingerprint density at radius 2 is 2.06 bits per heavy atom. The van der Waals surface area contributed by atoms with E-state index < -0.39 is 9.84 Å². The SMILES string of the molecule is CCC(C)(C)NCC(C)S(=O)(=O)C1CCOC1C. The maximum atomic E-state index is 12.4. The maximum absolute atomic E-state index is 12.4. The maximum Gasteiger partial charge on any atom is 0.159 e. The fourth-order valence-corrected chi connectivity index (χ4v) is 4.05. The van der Waals surface area contributed by atoms with E-state index in [2.05, 4.69) is 26.1 Å². The molecule has 4 nitrogen and oxygen atoms in total. The largest absolute Gasteiger partial charge is 0.377 e. The quantitative estimate of drug-likeness (QED) is 0.803. The van der Waals surface area contributed by atoms with Gasteiger partial charge in [-0.05, 0) is 40.5 Å². The minimum absolute atomic E-state index is 0.0123. The first-order valence-corrected chi connectivity index (χ1v) is 8.41. The van der Waals surface area contributed by atoms with Gasteiger partial charge in [0.1, 0.15) is 0 Å². The zero-order valence-corrected chi connectivity index (χ0v) is 13.0. The summed E-state index contributed by atoms with van der Waals surface area (Å²) in [6.45, 7) is 11.0. The smallest absolute Gasteiger partial charge is 0.159 e. The van der Waals surface area contributed by atoms with E-state index in [4.69, 9.17) is 4.74 Å². The van der Waals surface area contributed by atoms with Gasteiger partial charge >= 0.3 is 0 Å². The first-order chi connectivity index (χ1) is 8.20. The Balaban J connectivity index is 2.62. The predicted molar refractivity (Wildman–Crippen MR) is 74.6 cm³/mol. The molecule has 18 heavy (non-hydrogen) atoms. The second-order valence-electron chi connectivity index (χ2n) is 5.92. The van der Waals surface area contributed by atoms with Crippen LogP contribution in [0.3, 0.4) is 0 Å². The molecule has 5 heteroatoms. The molecule has 1 saturated heterocycles. The van der Waals surface area contributed by atoms with Gasteiger partial charge in [-0.3, -0.25) is 0 Å². The van der Waals surface area contributed by atoms with E-state index in [9.17, 15) is 8.42 Å². The molecule has 3 atom stereocenters. The lowest BCUT2D eigenvalue weighted by Gasteiger charge is -2.28. The third kappa shape index (κ3) is 3.68. The van der Waals surface area contributed by atoms with E-state index in [1.54, 1.807) is 6.92 Å². The van der Waals surface area contributed by atoms with Crippen LogP contribution in [-0.4, -0.2) is 43.7 Å². The van der Waals surface area contributed by atoms with Crippen LogP contribution in [0.15, 0.2) is 0 Å². The zero-order chi connectivity index (χ0) is 14.0. The highest BCUT2D eigenvalue weighted by molar-refractivity contribution is 7.92. The van der Waals surface area contributed by atoms with Crippen molar-refractivity contribution in [2.45, 2.75) is 69.6 Å². The van der Waals surface area contributed by atoms with Crippen LogP contribution in [0.2, 0.25) is 0 Å². The number of hydrogen-bond acceptors (Lipinski definition) is 4. The summed E-state index contributed by atoms with van der Waals surface area (Å²) in [5.41, 5.74) is -0.0123. The number of ether oxygens (including phenoxy) is 1. The lowest BCUT2D eigenvalue weighted by Crippen LogP contribution is -2.46. The first-order valence-electron chi connectivity index (χ1n) is 6.80. The van der Waals surface area contributed by atoms with Gasteiger partial charge in [0.15, 0.2) is 9.84 Å². The Morgan fingerprint density at radius 1 is 1.44 bits per heavy atom. The standard InChI is InChI=1S/C13H27NO3S/c1-6-13(4,5)14-9-10(2)18(15,16)12-7-8-17-11(12)3/h10-12,14H,6-9H2,1-5H3. The molecule has 3 unspecified atom stereocenters. The monoisotopic (exact) mass is 277 g/mol. The van der Waals surface area contributed by atoms with Crippen molar-refractivity contribution in [3.8, 4) is 0 Å². The fourth-order valence-electron chi connectivity index (χ4n) is 2.10. The van der Waals surface area contributed by atoms with Crippen LogP contribution >= 0.6 is 0 Å². The fraction of sp³-hybridized carbons (Fsp3) is 1.00. The van der Waals surface area contributed by atoms with Crippen molar-refractivity contribution < 1.29 is 13.2 Å². The summed E-state index contributed by atoms with van der Waals surface area (Å²) >= 11 is 0. The van der Waals surface area contributed by atoms with Gasteiger partial charge in [0, 0.05) is 18.7 Å². The van der Waals surface area contributed by atoms with Crippen molar-refractivity contribution in [2.24, 2.45) is 0 Å². The highest BCUT2D eigenvalue weighted by Gasteiger charge is 2.39. The Morgan fingerprint density at radius 3 is 2.50 bits per heavy atom. The molecule has 1 fully saturated rings. The number of rotatable bonds is 6. The molecule has 0 aromatic rings. The highest BCUT2D eigenvalue weighted by Crippen LogP contribution is 2.24. The highest BCUT2D eigenvalue weighted by atomic mass is 32.2. The molecule has 1 aliphatic rings. The van der Waals surface area contributed by atoms with Crippen LogP contribution in [0.4, 0.5) is 0 Å². The van der Waals surface area contributed by atoms with Gasteiger partial charge in [0.25, 0.3) is 0 Å². The molecular weight excluding hydrogens is 250 g/mol. The van der Waals surface area contributed by atoms with Gasteiger partial charge in [0.2, 0.25) is 0 Å². The van der Waals surface area contributed by atoms with Gasteiger partial charge in [-0.2, -0.15) is 0 Å². The summed E-state index contributed by atoms with van der Waals surface area (Å²) in [4.78, 5) is 0. The molecule has 1 aliphatic heterocycles. The van der Waals surface area contributed by atoms with E-state index in [1.165, 1.54) is 0 Å². The van der Waals surface area contributed by atoms with Crippen LogP contribution in [0.25, 0.3) is 0 Å². The second kappa shape index (κ2) is 5.88. The van der Waals surface area contributed by atoms with Gasteiger partial charge < -0.3 is 10.1 Å². The van der Waals surface area contributed by atoms with E-state index in [0.29, 0.717) is 19.6 Å². The second-order valence-corrected chi connectivity index (χ2v) is 8.51. The summed E-state index contributed by atoms with van der Waals surface area (Å²) in [5.74, 6) is 0. The Labute approximate surface area is 111 Å². The van der Waals surface area contributed by atoms with Crippen molar-refractivity contribution in [3.63, 3.8) is 0 Å². The summed E-state index contributed by atoms with van der Waals surface area (Å²) in [6, 6.07) is 0. The minimum Gasteiger partial charge on any atom is -0.377 e. The molecule has 108 valence electrons. The summed E-state index contributed by atoms with van der Waals surface area (Å²) in [6.07, 6.45) is 1.44. The van der Waals surface area contributed by atoms with Crippen LogP contribution in [0.5, 0.6) is 0 Å². The lowest BCUT2D eigenvalue weighted by molar-refractivity contribution is 0.126. The molecular formula is C13H27NO3S. The lowest BCUT2D eigenvalue weighted by atomic mass is 10.0. The van der Waals surface area contributed by atoms with Crippen LogP contribution in [0.1, 0.15) is 47.5 Å². The van der Waals surface area contributed by atoms with Gasteiger partial charge in [-0.1, -0.05) is 6.92 Å². The minimum atomic E-state index is -3.11. The molecule has 0 bridgehead atoms. The van der Waals surface area contributed by atoms with E-state index in [1.807, 2.05) is 6.92 Å². The van der Waals surface area contributed by atoms with Crippen LogP contribution < -0.4 is 5.32 Å². The molecule has 0 saturated carbocycles. The zero-order valence-electron chi connectivity index (χ0n) is 12.2. The average molecular weight is 277 g/mol. The molecule has 0 radical (unpaired) electrons. The number of nitrogens with one attached hydrogen (secondary N) is 1. The van der Waals surface area contributed by atoms with Crippen LogP contribution in [0, 0.1) is 0 Å². The Hall–Kier alpha value is -0.130. The number of sulfone groups is 1. The van der Waals surface area contributed by atoms with Crippen molar-refractivity contribution in [2.75, 3.05) is 13.2 Å². The van der Waals surface area contributed by atoms with Crippen molar-refractivity contribution in [1.82, 2.24) is 5.32 Å². The van der Waals surface area contributed by atoms with E-state index in [0.717, 1.165) is 6.42 Å². The molecule has 0 amide bonds. The Kier molecular flexibility index (Phi) is 5.21. The third-order valence-electron chi connectivity index (χ3n) is 4.04. The molecule has 1 heterocycles. The van der Waals surface area contributed by atoms with Crippen LogP contribution in [-0.2, 0) is 14.6 Å².